The first-order valence-electron chi connectivity index (χ1n) is 6.94. The van der Waals surface area contributed by atoms with Crippen LogP contribution in [0.15, 0.2) is 0 Å². The molecular weight excluding hydrogens is 200 g/mol. The summed E-state index contributed by atoms with van der Waals surface area (Å²) in [6.07, 6.45) is 7.24. The molecule has 0 atom stereocenters. The molecule has 0 amide bonds. The summed E-state index contributed by atoms with van der Waals surface area (Å²) in [6.45, 7) is 7.44. The minimum absolute atomic E-state index is 0.348. The second-order valence-corrected chi connectivity index (χ2v) is 4.80. The largest absolute Gasteiger partial charge is 0.396 e. The van der Waals surface area contributed by atoms with Gasteiger partial charge in [-0.2, -0.15) is 0 Å². The standard InChI is InChI=1S/C13H28N2O/c1-2-10-15(11-4-3-5-12-16)13-6-8-14-9-7-13/h13-14,16H,2-12H2,1H3. The zero-order valence-corrected chi connectivity index (χ0v) is 10.7. The van der Waals surface area contributed by atoms with Crippen molar-refractivity contribution in [1.29, 1.82) is 0 Å². The monoisotopic (exact) mass is 228 g/mol. The van der Waals surface area contributed by atoms with E-state index in [9.17, 15) is 0 Å². The van der Waals surface area contributed by atoms with Gasteiger partial charge in [0.15, 0.2) is 0 Å². The van der Waals surface area contributed by atoms with Crippen LogP contribution in [0.25, 0.3) is 0 Å². The minimum Gasteiger partial charge on any atom is -0.396 e. The van der Waals surface area contributed by atoms with Crippen molar-refractivity contribution in [2.75, 3.05) is 32.8 Å². The summed E-state index contributed by atoms with van der Waals surface area (Å²) in [4.78, 5) is 2.66. The normalized spacial score (nSPS) is 18.2. The molecule has 1 heterocycles. The van der Waals surface area contributed by atoms with Gasteiger partial charge in [-0.1, -0.05) is 6.92 Å². The first-order chi connectivity index (χ1) is 7.88. The topological polar surface area (TPSA) is 35.5 Å². The molecule has 0 aliphatic carbocycles. The molecule has 1 saturated heterocycles. The van der Waals surface area contributed by atoms with Gasteiger partial charge in [-0.3, -0.25) is 0 Å². The lowest BCUT2D eigenvalue weighted by molar-refractivity contribution is 0.157. The molecule has 1 rings (SSSR count). The Kier molecular flexibility index (Phi) is 7.81. The van der Waals surface area contributed by atoms with Crippen LogP contribution in [0.1, 0.15) is 45.4 Å². The molecule has 1 aliphatic heterocycles. The highest BCUT2D eigenvalue weighted by Crippen LogP contribution is 2.13. The van der Waals surface area contributed by atoms with Gasteiger partial charge in [-0.15, -0.1) is 0 Å². The molecule has 0 aromatic rings. The SMILES string of the molecule is CCCN(CCCCCO)C1CCNCC1. The van der Waals surface area contributed by atoms with E-state index in [0.717, 1.165) is 12.5 Å². The van der Waals surface area contributed by atoms with Gasteiger partial charge in [-0.05, 0) is 64.7 Å². The van der Waals surface area contributed by atoms with Crippen LogP contribution in [-0.4, -0.2) is 48.8 Å². The molecule has 0 aromatic carbocycles. The highest BCUT2D eigenvalue weighted by molar-refractivity contribution is 4.77. The van der Waals surface area contributed by atoms with Crippen LogP contribution in [0.4, 0.5) is 0 Å². The van der Waals surface area contributed by atoms with E-state index in [0.29, 0.717) is 6.61 Å². The van der Waals surface area contributed by atoms with Gasteiger partial charge in [0.2, 0.25) is 0 Å². The van der Waals surface area contributed by atoms with Crippen LogP contribution in [0.3, 0.4) is 0 Å². The molecule has 0 unspecified atom stereocenters. The average molecular weight is 228 g/mol. The Hall–Kier alpha value is -0.120. The summed E-state index contributed by atoms with van der Waals surface area (Å²) in [6, 6.07) is 0.801. The number of piperidine rings is 1. The lowest BCUT2D eigenvalue weighted by atomic mass is 10.0. The third kappa shape index (κ3) is 5.28. The molecule has 16 heavy (non-hydrogen) atoms. The number of nitrogens with zero attached hydrogens (tertiary/aromatic N) is 1. The predicted molar refractivity (Wildman–Crippen MR) is 68.7 cm³/mol. The first-order valence-corrected chi connectivity index (χ1v) is 6.94. The van der Waals surface area contributed by atoms with Crippen LogP contribution in [0.5, 0.6) is 0 Å². The van der Waals surface area contributed by atoms with Crippen LogP contribution >= 0.6 is 0 Å². The molecular formula is C13H28N2O. The summed E-state index contributed by atoms with van der Waals surface area (Å²) in [5.41, 5.74) is 0. The van der Waals surface area contributed by atoms with E-state index in [-0.39, 0.29) is 0 Å². The van der Waals surface area contributed by atoms with E-state index < -0.39 is 0 Å². The Bertz CT molecular complexity index is 158. The average Bonchev–Trinajstić information content (AvgIpc) is 2.34. The smallest absolute Gasteiger partial charge is 0.0431 e. The lowest BCUT2D eigenvalue weighted by Gasteiger charge is -2.34. The van der Waals surface area contributed by atoms with Crippen molar-refractivity contribution in [3.63, 3.8) is 0 Å². The number of rotatable bonds is 8. The number of aliphatic hydroxyl groups excluding tert-OH is 1. The molecule has 1 aliphatic rings. The molecule has 0 saturated carbocycles. The molecule has 3 heteroatoms. The summed E-state index contributed by atoms with van der Waals surface area (Å²) in [5, 5.41) is 12.2. The van der Waals surface area contributed by atoms with Gasteiger partial charge < -0.3 is 15.3 Å². The quantitative estimate of drug-likeness (QED) is 0.620. The predicted octanol–water partition coefficient (Wildman–Crippen LogP) is 1.61. The van der Waals surface area contributed by atoms with Gasteiger partial charge in [-0.25, -0.2) is 0 Å². The third-order valence-corrected chi connectivity index (χ3v) is 3.44. The summed E-state index contributed by atoms with van der Waals surface area (Å²) in [5.74, 6) is 0. The molecule has 3 nitrogen and oxygen atoms in total. The Balaban J connectivity index is 2.22. The van der Waals surface area contributed by atoms with E-state index in [1.807, 2.05) is 0 Å². The second-order valence-electron chi connectivity index (χ2n) is 4.80. The van der Waals surface area contributed by atoms with Gasteiger partial charge >= 0.3 is 0 Å². The number of aliphatic hydroxyl groups is 1. The Morgan fingerprint density at radius 3 is 2.50 bits per heavy atom. The highest BCUT2D eigenvalue weighted by Gasteiger charge is 2.19. The van der Waals surface area contributed by atoms with Crippen molar-refractivity contribution in [2.24, 2.45) is 0 Å². The molecule has 0 bridgehead atoms. The van der Waals surface area contributed by atoms with E-state index >= 15 is 0 Å². The first kappa shape index (κ1) is 13.9. The van der Waals surface area contributed by atoms with Crippen LogP contribution in [0, 0.1) is 0 Å². The molecule has 2 N–H and O–H groups in total. The van der Waals surface area contributed by atoms with Crippen molar-refractivity contribution < 1.29 is 5.11 Å². The fourth-order valence-electron chi connectivity index (χ4n) is 2.54. The van der Waals surface area contributed by atoms with Gasteiger partial charge in [0.25, 0.3) is 0 Å². The van der Waals surface area contributed by atoms with E-state index in [4.69, 9.17) is 5.11 Å². The second kappa shape index (κ2) is 8.97. The van der Waals surface area contributed by atoms with Crippen molar-refractivity contribution >= 4 is 0 Å². The van der Waals surface area contributed by atoms with Gasteiger partial charge in [0, 0.05) is 12.6 Å². The van der Waals surface area contributed by atoms with Crippen LogP contribution in [0.2, 0.25) is 0 Å². The zero-order chi connectivity index (χ0) is 11.6. The number of hydrogen-bond donors (Lipinski definition) is 2. The Morgan fingerprint density at radius 2 is 1.88 bits per heavy atom. The Morgan fingerprint density at radius 1 is 1.12 bits per heavy atom. The van der Waals surface area contributed by atoms with Crippen LogP contribution < -0.4 is 5.32 Å². The fourth-order valence-corrected chi connectivity index (χ4v) is 2.54. The molecule has 0 aromatic heterocycles. The third-order valence-electron chi connectivity index (χ3n) is 3.44. The highest BCUT2D eigenvalue weighted by atomic mass is 16.2. The van der Waals surface area contributed by atoms with Crippen molar-refractivity contribution in [3.05, 3.63) is 0 Å². The van der Waals surface area contributed by atoms with E-state index in [1.54, 1.807) is 0 Å². The molecule has 1 fully saturated rings. The molecule has 0 spiro atoms. The summed E-state index contributed by atoms with van der Waals surface area (Å²) < 4.78 is 0. The van der Waals surface area contributed by atoms with E-state index in [2.05, 4.69) is 17.1 Å². The summed E-state index contributed by atoms with van der Waals surface area (Å²) in [7, 11) is 0. The van der Waals surface area contributed by atoms with Crippen molar-refractivity contribution in [3.8, 4) is 0 Å². The maximum Gasteiger partial charge on any atom is 0.0431 e. The van der Waals surface area contributed by atoms with Crippen molar-refractivity contribution in [1.82, 2.24) is 10.2 Å². The zero-order valence-electron chi connectivity index (χ0n) is 10.7. The fraction of sp³-hybridized carbons (Fsp3) is 1.00. The van der Waals surface area contributed by atoms with Crippen LogP contribution in [-0.2, 0) is 0 Å². The minimum atomic E-state index is 0.348. The molecule has 0 radical (unpaired) electrons. The van der Waals surface area contributed by atoms with Crippen molar-refractivity contribution in [2.45, 2.75) is 51.5 Å². The Labute approximate surface area is 100 Å². The van der Waals surface area contributed by atoms with E-state index in [1.165, 1.54) is 58.3 Å². The molecule has 96 valence electrons. The van der Waals surface area contributed by atoms with Gasteiger partial charge in [0.1, 0.15) is 0 Å². The maximum atomic E-state index is 8.76. The van der Waals surface area contributed by atoms with Gasteiger partial charge in [0.05, 0.1) is 0 Å². The summed E-state index contributed by atoms with van der Waals surface area (Å²) >= 11 is 0. The number of hydrogen-bond acceptors (Lipinski definition) is 3. The lowest BCUT2D eigenvalue weighted by Crippen LogP contribution is -2.43. The maximum absolute atomic E-state index is 8.76. The number of nitrogens with one attached hydrogen (secondary N) is 1. The number of unbranched alkanes of at least 4 members (excludes halogenated alkanes) is 2.